The van der Waals surface area contributed by atoms with Crippen LogP contribution in [0.4, 0.5) is 0 Å². The Labute approximate surface area is 203 Å². The molecule has 3 atom stereocenters. The number of aliphatic hydroxyl groups excluding tert-OH is 1. The lowest BCUT2D eigenvalue weighted by Crippen LogP contribution is -2.52. The summed E-state index contributed by atoms with van der Waals surface area (Å²) in [5.41, 5.74) is 3.39. The molecule has 1 aromatic carbocycles. The van der Waals surface area contributed by atoms with Gasteiger partial charge in [-0.15, -0.1) is 0 Å². The van der Waals surface area contributed by atoms with Crippen LogP contribution in [-0.4, -0.2) is 40.3 Å². The van der Waals surface area contributed by atoms with Crippen molar-refractivity contribution in [3.8, 4) is 5.88 Å². The minimum atomic E-state index is -0.724. The first kappa shape index (κ1) is 24.7. The number of aliphatic hydroxyl groups is 1. The van der Waals surface area contributed by atoms with Crippen LogP contribution in [0, 0.1) is 5.41 Å². The molecule has 0 unspecified atom stereocenters. The molecule has 3 N–H and O–H groups in total. The first-order valence-electron chi connectivity index (χ1n) is 12.5. The van der Waals surface area contributed by atoms with E-state index in [1.165, 1.54) is 18.9 Å². The number of fused-ring (bicyclic) bond motifs is 1. The monoisotopic (exact) mass is 465 g/mol. The molecule has 0 saturated heterocycles. The van der Waals surface area contributed by atoms with Crippen molar-refractivity contribution in [2.45, 2.75) is 90.0 Å². The Hall–Kier alpha value is -2.44. The molecule has 6 nitrogen and oxygen atoms in total. The second kappa shape index (κ2) is 10.0. The number of carbonyl (C=O) groups excluding carboxylic acids is 1. The van der Waals surface area contributed by atoms with Gasteiger partial charge in [0.05, 0.1) is 12.1 Å². The minimum absolute atomic E-state index is 0.0563. The fourth-order valence-electron chi connectivity index (χ4n) is 5.16. The highest BCUT2D eigenvalue weighted by molar-refractivity contribution is 5.73. The summed E-state index contributed by atoms with van der Waals surface area (Å²) in [5.74, 6) is 0.583. The number of aromatic nitrogens is 1. The zero-order valence-electron chi connectivity index (χ0n) is 20.9. The Morgan fingerprint density at radius 2 is 1.97 bits per heavy atom. The molecule has 2 aromatic rings. The number of carbonyl (C=O) groups is 1. The van der Waals surface area contributed by atoms with Gasteiger partial charge < -0.3 is 20.5 Å². The number of nitrogens with zero attached hydrogens (tertiary/aromatic N) is 1. The predicted octanol–water partition coefficient (Wildman–Crippen LogP) is 4.11. The number of nitrogens with one attached hydrogen (secondary N) is 2. The van der Waals surface area contributed by atoms with Crippen LogP contribution in [0.25, 0.3) is 0 Å². The highest BCUT2D eigenvalue weighted by Gasteiger charge is 2.46. The molecule has 6 heteroatoms. The molecule has 2 heterocycles. The third-order valence-corrected chi connectivity index (χ3v) is 6.92. The van der Waals surface area contributed by atoms with E-state index >= 15 is 0 Å². The molecule has 34 heavy (non-hydrogen) atoms. The van der Waals surface area contributed by atoms with Gasteiger partial charge in [-0.25, -0.2) is 4.98 Å². The summed E-state index contributed by atoms with van der Waals surface area (Å²) in [6.07, 6.45) is 6.87. The van der Waals surface area contributed by atoms with Crippen LogP contribution in [0.3, 0.4) is 0 Å². The fourth-order valence-corrected chi connectivity index (χ4v) is 5.16. The SMILES string of the molecule is CC(=O)N[C@@H](Cc1ccccc1)[C@H](O)CN[C@H]1CC2(CCC2)Oc2ncc(CC(C)(C)C)cc21. The van der Waals surface area contributed by atoms with Gasteiger partial charge in [0.25, 0.3) is 0 Å². The lowest BCUT2D eigenvalue weighted by molar-refractivity contribution is -0.120. The van der Waals surface area contributed by atoms with E-state index < -0.39 is 6.10 Å². The molecular weight excluding hydrogens is 426 g/mol. The summed E-state index contributed by atoms with van der Waals surface area (Å²) in [6.45, 7) is 8.56. The van der Waals surface area contributed by atoms with Gasteiger partial charge in [-0.3, -0.25) is 4.79 Å². The largest absolute Gasteiger partial charge is 0.471 e. The molecule has 184 valence electrons. The maximum Gasteiger partial charge on any atom is 0.218 e. The topological polar surface area (TPSA) is 83.5 Å². The molecule has 1 aliphatic heterocycles. The van der Waals surface area contributed by atoms with Gasteiger partial charge in [0, 0.05) is 37.7 Å². The van der Waals surface area contributed by atoms with Gasteiger partial charge in [-0.1, -0.05) is 51.1 Å². The molecule has 1 aliphatic carbocycles. The van der Waals surface area contributed by atoms with Crippen molar-refractivity contribution in [3.05, 3.63) is 59.3 Å². The van der Waals surface area contributed by atoms with Crippen LogP contribution in [-0.2, 0) is 17.6 Å². The van der Waals surface area contributed by atoms with E-state index in [1.807, 2.05) is 36.5 Å². The molecule has 1 saturated carbocycles. The Balaban J connectivity index is 1.50. The average Bonchev–Trinajstić information content (AvgIpc) is 2.75. The van der Waals surface area contributed by atoms with Crippen molar-refractivity contribution < 1.29 is 14.6 Å². The molecule has 4 rings (SSSR count). The minimum Gasteiger partial charge on any atom is -0.471 e. The summed E-state index contributed by atoms with van der Waals surface area (Å²) in [7, 11) is 0. The Morgan fingerprint density at radius 3 is 2.59 bits per heavy atom. The molecule has 1 spiro atoms. The van der Waals surface area contributed by atoms with Gasteiger partial charge in [0.1, 0.15) is 5.60 Å². The van der Waals surface area contributed by atoms with Crippen molar-refractivity contribution in [2.24, 2.45) is 5.41 Å². The first-order chi connectivity index (χ1) is 16.1. The van der Waals surface area contributed by atoms with E-state index in [-0.39, 0.29) is 29.0 Å². The van der Waals surface area contributed by atoms with Crippen LogP contribution in [0.2, 0.25) is 0 Å². The van der Waals surface area contributed by atoms with E-state index in [1.54, 1.807) is 0 Å². The number of ether oxygens (including phenoxy) is 1. The van der Waals surface area contributed by atoms with Crippen molar-refractivity contribution in [3.63, 3.8) is 0 Å². The van der Waals surface area contributed by atoms with E-state index in [4.69, 9.17) is 9.72 Å². The maximum absolute atomic E-state index is 11.8. The quantitative estimate of drug-likeness (QED) is 0.546. The third kappa shape index (κ3) is 6.16. The lowest BCUT2D eigenvalue weighted by Gasteiger charge is -2.47. The normalized spacial score (nSPS) is 20.6. The van der Waals surface area contributed by atoms with Crippen molar-refractivity contribution >= 4 is 5.91 Å². The van der Waals surface area contributed by atoms with Crippen LogP contribution in [0.1, 0.15) is 76.1 Å². The highest BCUT2D eigenvalue weighted by Crippen LogP contribution is 2.48. The third-order valence-electron chi connectivity index (χ3n) is 6.92. The second-order valence-electron chi connectivity index (χ2n) is 11.3. The molecular formula is C28H39N3O3. The summed E-state index contributed by atoms with van der Waals surface area (Å²) in [4.78, 5) is 16.5. The maximum atomic E-state index is 11.8. The first-order valence-corrected chi connectivity index (χ1v) is 12.5. The number of hydrogen-bond donors (Lipinski definition) is 3. The Bertz CT molecular complexity index is 982. The summed E-state index contributed by atoms with van der Waals surface area (Å²) in [5, 5.41) is 17.6. The molecule has 1 amide bonds. The molecule has 2 aliphatic rings. The average molecular weight is 466 g/mol. The number of rotatable bonds is 8. The highest BCUT2D eigenvalue weighted by atomic mass is 16.5. The van der Waals surface area contributed by atoms with Crippen molar-refractivity contribution in [1.82, 2.24) is 15.6 Å². The fraction of sp³-hybridized carbons (Fsp3) is 0.571. The molecule has 1 fully saturated rings. The number of pyridine rings is 1. The smallest absolute Gasteiger partial charge is 0.218 e. The lowest BCUT2D eigenvalue weighted by atomic mass is 9.73. The van der Waals surface area contributed by atoms with Crippen LogP contribution >= 0.6 is 0 Å². The van der Waals surface area contributed by atoms with Gasteiger partial charge >= 0.3 is 0 Å². The molecule has 0 bridgehead atoms. The standard InChI is InChI=1S/C28H39N3O3/c1-19(32)31-23(14-20-9-6-5-7-10-20)25(33)18-29-24-16-28(11-8-12-28)34-26-22(24)13-21(17-30-26)15-27(2,3)4/h5-7,9-10,13,17,23-25,29,33H,8,11-12,14-16,18H2,1-4H3,(H,31,32)/t23-,24-,25+/m0/s1. The number of hydrogen-bond acceptors (Lipinski definition) is 5. The summed E-state index contributed by atoms with van der Waals surface area (Å²) < 4.78 is 6.39. The second-order valence-corrected chi connectivity index (χ2v) is 11.3. The van der Waals surface area contributed by atoms with Gasteiger partial charge in [-0.2, -0.15) is 0 Å². The van der Waals surface area contributed by atoms with Crippen LogP contribution in [0.15, 0.2) is 42.6 Å². The Morgan fingerprint density at radius 1 is 1.24 bits per heavy atom. The van der Waals surface area contributed by atoms with E-state index in [0.29, 0.717) is 13.0 Å². The van der Waals surface area contributed by atoms with Gasteiger partial charge in [0.2, 0.25) is 11.8 Å². The number of benzene rings is 1. The van der Waals surface area contributed by atoms with Gasteiger partial charge in [0.15, 0.2) is 0 Å². The van der Waals surface area contributed by atoms with Crippen LogP contribution < -0.4 is 15.4 Å². The van der Waals surface area contributed by atoms with Crippen molar-refractivity contribution in [1.29, 1.82) is 0 Å². The summed E-state index contributed by atoms with van der Waals surface area (Å²) in [6, 6.07) is 11.9. The van der Waals surface area contributed by atoms with Gasteiger partial charge in [-0.05, 0) is 54.7 Å². The van der Waals surface area contributed by atoms with Crippen molar-refractivity contribution in [2.75, 3.05) is 6.54 Å². The molecule has 1 aromatic heterocycles. The van der Waals surface area contributed by atoms with Crippen LogP contribution in [0.5, 0.6) is 5.88 Å². The van der Waals surface area contributed by atoms with E-state index in [0.717, 1.165) is 42.7 Å². The number of amides is 1. The van der Waals surface area contributed by atoms with E-state index in [9.17, 15) is 9.90 Å². The van der Waals surface area contributed by atoms with E-state index in [2.05, 4.69) is 37.5 Å². The summed E-state index contributed by atoms with van der Waals surface area (Å²) >= 11 is 0. The zero-order chi connectivity index (χ0) is 24.3. The zero-order valence-corrected chi connectivity index (χ0v) is 20.9. The molecule has 0 radical (unpaired) electrons. The predicted molar refractivity (Wildman–Crippen MR) is 134 cm³/mol. The Kier molecular flexibility index (Phi) is 7.29.